The van der Waals surface area contributed by atoms with Crippen molar-refractivity contribution in [3.63, 3.8) is 0 Å². The van der Waals surface area contributed by atoms with Crippen LogP contribution in [0.3, 0.4) is 0 Å². The Labute approximate surface area is 130 Å². The molecule has 1 unspecified atom stereocenters. The molecule has 0 aliphatic carbocycles. The summed E-state index contributed by atoms with van der Waals surface area (Å²) >= 11 is 0. The molecule has 1 aromatic carbocycles. The van der Waals surface area contributed by atoms with Gasteiger partial charge in [0.05, 0.1) is 11.1 Å². The number of amides is 3. The van der Waals surface area contributed by atoms with Crippen molar-refractivity contribution in [3.05, 3.63) is 34.9 Å². The largest absolute Gasteiger partial charge is 0.343 e. The molecule has 0 bridgehead atoms. The Hall–Kier alpha value is -2.17. The fourth-order valence-electron chi connectivity index (χ4n) is 2.51. The highest BCUT2D eigenvalue weighted by Gasteiger charge is 2.35. The summed E-state index contributed by atoms with van der Waals surface area (Å²) in [6.07, 6.45) is 1.03. The van der Waals surface area contributed by atoms with Gasteiger partial charge in [-0.05, 0) is 32.4 Å². The quantitative estimate of drug-likeness (QED) is 0.784. The molecule has 0 N–H and O–H groups in total. The minimum Gasteiger partial charge on any atom is -0.343 e. The van der Waals surface area contributed by atoms with E-state index in [0.29, 0.717) is 11.1 Å². The van der Waals surface area contributed by atoms with Crippen LogP contribution >= 0.6 is 0 Å². The van der Waals surface area contributed by atoms with Gasteiger partial charge in [0.25, 0.3) is 11.8 Å². The van der Waals surface area contributed by atoms with E-state index in [-0.39, 0.29) is 36.7 Å². The molecular weight excluding hydrogens is 280 g/mol. The van der Waals surface area contributed by atoms with Crippen molar-refractivity contribution in [1.29, 1.82) is 0 Å². The molecule has 1 aliphatic rings. The van der Waals surface area contributed by atoms with Crippen molar-refractivity contribution in [2.24, 2.45) is 0 Å². The van der Waals surface area contributed by atoms with E-state index in [2.05, 4.69) is 0 Å². The molecule has 3 amide bonds. The molecule has 5 heteroatoms. The van der Waals surface area contributed by atoms with Crippen LogP contribution in [0.2, 0.25) is 0 Å². The second-order valence-electron chi connectivity index (χ2n) is 5.82. The van der Waals surface area contributed by atoms with Crippen molar-refractivity contribution >= 4 is 17.7 Å². The van der Waals surface area contributed by atoms with Gasteiger partial charge >= 0.3 is 0 Å². The lowest BCUT2D eigenvalue weighted by Crippen LogP contribution is -2.38. The topological polar surface area (TPSA) is 57.7 Å². The molecule has 0 spiro atoms. The maximum atomic E-state index is 12.3. The summed E-state index contributed by atoms with van der Waals surface area (Å²) in [4.78, 5) is 39.5. The van der Waals surface area contributed by atoms with Gasteiger partial charge in [-0.25, -0.2) is 0 Å². The van der Waals surface area contributed by atoms with Crippen LogP contribution in [0.4, 0.5) is 0 Å². The monoisotopic (exact) mass is 302 g/mol. The van der Waals surface area contributed by atoms with Gasteiger partial charge < -0.3 is 4.90 Å². The molecule has 118 valence electrons. The molecule has 0 saturated carbocycles. The maximum absolute atomic E-state index is 12.3. The van der Waals surface area contributed by atoms with Crippen LogP contribution in [-0.4, -0.2) is 47.2 Å². The molecule has 0 aromatic heterocycles. The Morgan fingerprint density at radius 3 is 2.50 bits per heavy atom. The number of imide groups is 1. The van der Waals surface area contributed by atoms with Gasteiger partial charge in [-0.2, -0.15) is 0 Å². The van der Waals surface area contributed by atoms with Crippen molar-refractivity contribution in [3.8, 4) is 0 Å². The van der Waals surface area contributed by atoms with Crippen LogP contribution < -0.4 is 0 Å². The van der Waals surface area contributed by atoms with Gasteiger partial charge in [-0.15, -0.1) is 0 Å². The minimum absolute atomic E-state index is 0.0536. The number of carbonyl (C=O) groups is 3. The van der Waals surface area contributed by atoms with Crippen molar-refractivity contribution in [1.82, 2.24) is 9.80 Å². The van der Waals surface area contributed by atoms with Gasteiger partial charge in [-0.3, -0.25) is 19.3 Å². The van der Waals surface area contributed by atoms with Crippen molar-refractivity contribution < 1.29 is 14.4 Å². The van der Waals surface area contributed by atoms with Crippen molar-refractivity contribution in [2.75, 3.05) is 13.6 Å². The fraction of sp³-hybridized carbons (Fsp3) is 0.471. The highest BCUT2D eigenvalue weighted by atomic mass is 16.2. The Balaban J connectivity index is 2.05. The Morgan fingerprint density at radius 2 is 1.86 bits per heavy atom. The summed E-state index contributed by atoms with van der Waals surface area (Å²) in [6.45, 7) is 6.00. The molecule has 1 atom stereocenters. The number of hydrogen-bond acceptors (Lipinski definition) is 3. The molecule has 1 aromatic rings. The normalized spacial score (nSPS) is 15.0. The zero-order chi connectivity index (χ0) is 16.4. The Kier molecular flexibility index (Phi) is 4.64. The second kappa shape index (κ2) is 6.30. The van der Waals surface area contributed by atoms with E-state index in [4.69, 9.17) is 0 Å². The molecule has 0 radical (unpaired) electrons. The molecule has 22 heavy (non-hydrogen) atoms. The van der Waals surface area contributed by atoms with Crippen LogP contribution in [0.15, 0.2) is 18.2 Å². The number of aryl methyl sites for hydroxylation is 1. The third-order valence-corrected chi connectivity index (χ3v) is 4.32. The molecule has 5 nitrogen and oxygen atoms in total. The van der Waals surface area contributed by atoms with E-state index >= 15 is 0 Å². The molecular formula is C17H22N2O3. The van der Waals surface area contributed by atoms with Crippen molar-refractivity contribution in [2.45, 2.75) is 39.7 Å². The summed E-state index contributed by atoms with van der Waals surface area (Å²) in [5.41, 5.74) is 1.81. The van der Waals surface area contributed by atoms with Gasteiger partial charge in [0.15, 0.2) is 0 Å². The molecule has 2 rings (SSSR count). The minimum atomic E-state index is -0.306. The summed E-state index contributed by atoms with van der Waals surface area (Å²) < 4.78 is 0. The SMILES string of the molecule is CCC(C)N(C)C(=O)CCN1C(=O)c2ccc(C)cc2C1=O. The summed E-state index contributed by atoms with van der Waals surface area (Å²) in [5.74, 6) is -0.663. The van der Waals surface area contributed by atoms with E-state index in [1.165, 1.54) is 4.90 Å². The molecule has 0 fully saturated rings. The molecule has 1 heterocycles. The van der Waals surface area contributed by atoms with Gasteiger partial charge in [0.2, 0.25) is 5.91 Å². The summed E-state index contributed by atoms with van der Waals surface area (Å²) in [5, 5.41) is 0. The number of fused-ring (bicyclic) bond motifs is 1. The zero-order valence-corrected chi connectivity index (χ0v) is 13.5. The first kappa shape index (κ1) is 16.2. The maximum Gasteiger partial charge on any atom is 0.261 e. The van der Waals surface area contributed by atoms with Crippen LogP contribution in [0.25, 0.3) is 0 Å². The predicted octanol–water partition coefficient (Wildman–Crippen LogP) is 2.24. The average molecular weight is 302 g/mol. The lowest BCUT2D eigenvalue weighted by Gasteiger charge is -2.24. The van der Waals surface area contributed by atoms with E-state index in [1.54, 1.807) is 24.1 Å². The summed E-state index contributed by atoms with van der Waals surface area (Å²) in [7, 11) is 1.75. The van der Waals surface area contributed by atoms with E-state index in [1.807, 2.05) is 26.8 Å². The second-order valence-corrected chi connectivity index (χ2v) is 5.82. The zero-order valence-electron chi connectivity index (χ0n) is 13.5. The van der Waals surface area contributed by atoms with Crippen LogP contribution in [0.5, 0.6) is 0 Å². The molecule has 1 aliphatic heterocycles. The first-order valence-corrected chi connectivity index (χ1v) is 7.59. The standard InChI is InChI=1S/C17H22N2O3/c1-5-12(3)18(4)15(20)8-9-19-16(21)13-7-6-11(2)10-14(13)17(19)22/h6-7,10,12H,5,8-9H2,1-4H3. The highest BCUT2D eigenvalue weighted by Crippen LogP contribution is 2.24. The Morgan fingerprint density at radius 1 is 1.23 bits per heavy atom. The van der Waals surface area contributed by atoms with E-state index in [0.717, 1.165) is 12.0 Å². The van der Waals surface area contributed by atoms with Gasteiger partial charge in [0.1, 0.15) is 0 Å². The number of carbonyl (C=O) groups excluding carboxylic acids is 3. The first-order chi connectivity index (χ1) is 10.4. The number of benzene rings is 1. The number of hydrogen-bond donors (Lipinski definition) is 0. The van der Waals surface area contributed by atoms with E-state index in [9.17, 15) is 14.4 Å². The lowest BCUT2D eigenvalue weighted by molar-refractivity contribution is -0.131. The first-order valence-electron chi connectivity index (χ1n) is 7.59. The predicted molar refractivity (Wildman–Crippen MR) is 83.7 cm³/mol. The van der Waals surface area contributed by atoms with Gasteiger partial charge in [0, 0.05) is 26.1 Å². The highest BCUT2D eigenvalue weighted by molar-refractivity contribution is 6.21. The number of nitrogens with zero attached hydrogens (tertiary/aromatic N) is 2. The fourth-order valence-corrected chi connectivity index (χ4v) is 2.51. The molecule has 0 saturated heterocycles. The van der Waals surface area contributed by atoms with E-state index < -0.39 is 0 Å². The van der Waals surface area contributed by atoms with Crippen LogP contribution in [-0.2, 0) is 4.79 Å². The third kappa shape index (κ3) is 2.89. The average Bonchev–Trinajstić information content (AvgIpc) is 2.74. The number of rotatable bonds is 5. The van der Waals surface area contributed by atoms with Crippen LogP contribution in [0, 0.1) is 6.92 Å². The summed E-state index contributed by atoms with van der Waals surface area (Å²) in [6, 6.07) is 5.37. The van der Waals surface area contributed by atoms with Gasteiger partial charge in [-0.1, -0.05) is 18.6 Å². The Bertz CT molecular complexity index is 624. The third-order valence-electron chi connectivity index (χ3n) is 4.32. The smallest absolute Gasteiger partial charge is 0.261 e. The lowest BCUT2D eigenvalue weighted by atomic mass is 10.1. The van der Waals surface area contributed by atoms with Crippen LogP contribution in [0.1, 0.15) is 53.0 Å².